The van der Waals surface area contributed by atoms with Crippen LogP contribution < -0.4 is 0 Å². The molecule has 0 spiro atoms. The predicted molar refractivity (Wildman–Crippen MR) is 79.0 cm³/mol. The molecule has 1 rings (SSSR count). The smallest absolute Gasteiger partial charge is 0.321 e. The van der Waals surface area contributed by atoms with E-state index in [-0.39, 0.29) is 44.0 Å². The van der Waals surface area contributed by atoms with Gasteiger partial charge in [-0.3, -0.25) is 4.79 Å². The fourth-order valence-corrected chi connectivity index (χ4v) is 5.77. The molecule has 0 unspecified atom stereocenters. The summed E-state index contributed by atoms with van der Waals surface area (Å²) in [4.78, 5) is 11.5. The maximum absolute atomic E-state index is 12.5. The van der Waals surface area contributed by atoms with E-state index in [0.29, 0.717) is 0 Å². The van der Waals surface area contributed by atoms with Crippen molar-refractivity contribution in [2.24, 2.45) is 0 Å². The fourth-order valence-electron chi connectivity index (χ4n) is 2.13. The van der Waals surface area contributed by atoms with Crippen LogP contribution >= 0.6 is 0 Å². The molecule has 1 heterocycles. The Morgan fingerprint density at radius 1 is 1.38 bits per heavy atom. The molecule has 0 aromatic rings. The molecule has 7 nitrogen and oxygen atoms in total. The predicted octanol–water partition coefficient (Wildman–Crippen LogP) is -0.0555. The molecule has 0 saturated carbocycles. The van der Waals surface area contributed by atoms with Crippen molar-refractivity contribution >= 4 is 25.8 Å². The first-order chi connectivity index (χ1) is 9.73. The summed E-state index contributed by atoms with van der Waals surface area (Å²) in [5, 5.41) is -0.782. The van der Waals surface area contributed by atoms with Crippen LogP contribution in [0.4, 0.5) is 0 Å². The summed E-state index contributed by atoms with van der Waals surface area (Å²) in [6.45, 7) is 4.89. The summed E-state index contributed by atoms with van der Waals surface area (Å²) >= 11 is 0. The van der Waals surface area contributed by atoms with Gasteiger partial charge in [-0.1, -0.05) is 6.08 Å². The van der Waals surface area contributed by atoms with E-state index < -0.39 is 31.1 Å². The molecule has 21 heavy (non-hydrogen) atoms. The first kappa shape index (κ1) is 18.1. The lowest BCUT2D eigenvalue weighted by Gasteiger charge is -2.28. The highest BCUT2D eigenvalue weighted by molar-refractivity contribution is 7.92. The molecule has 1 saturated heterocycles. The molecule has 0 bridgehead atoms. The SMILES string of the molecule is C=CCN(CC(=O)OCC)S(=O)(=O)C1CCS(=O)(=O)CC1. The van der Waals surface area contributed by atoms with Gasteiger partial charge in [-0.15, -0.1) is 6.58 Å². The zero-order valence-electron chi connectivity index (χ0n) is 12.0. The van der Waals surface area contributed by atoms with Crippen molar-refractivity contribution in [3.8, 4) is 0 Å². The number of carbonyl (C=O) groups excluding carboxylic acids is 1. The molecule has 0 N–H and O–H groups in total. The van der Waals surface area contributed by atoms with Crippen LogP contribution in [0.5, 0.6) is 0 Å². The molecule has 0 aliphatic carbocycles. The molecule has 1 aliphatic rings. The lowest BCUT2D eigenvalue weighted by molar-refractivity contribution is -0.143. The maximum atomic E-state index is 12.5. The molecular formula is C12H21NO6S2. The number of hydrogen-bond acceptors (Lipinski definition) is 6. The second-order valence-corrected chi connectivity index (χ2v) is 9.30. The van der Waals surface area contributed by atoms with E-state index in [1.54, 1.807) is 6.92 Å². The first-order valence-electron chi connectivity index (χ1n) is 6.69. The summed E-state index contributed by atoms with van der Waals surface area (Å²) in [6, 6.07) is 0. The highest BCUT2D eigenvalue weighted by Gasteiger charge is 2.37. The lowest BCUT2D eigenvalue weighted by atomic mass is 10.2. The highest BCUT2D eigenvalue weighted by atomic mass is 32.2. The zero-order chi connectivity index (χ0) is 16.1. The number of carbonyl (C=O) groups is 1. The van der Waals surface area contributed by atoms with Gasteiger partial charge in [0.15, 0.2) is 0 Å². The summed E-state index contributed by atoms with van der Waals surface area (Å²) in [7, 11) is -6.89. The van der Waals surface area contributed by atoms with Crippen molar-refractivity contribution in [1.29, 1.82) is 0 Å². The maximum Gasteiger partial charge on any atom is 0.321 e. The van der Waals surface area contributed by atoms with Crippen molar-refractivity contribution in [3.05, 3.63) is 12.7 Å². The average molecular weight is 339 g/mol. The minimum absolute atomic E-state index is 0.00953. The van der Waals surface area contributed by atoms with Gasteiger partial charge >= 0.3 is 5.97 Å². The van der Waals surface area contributed by atoms with Crippen LogP contribution in [0.25, 0.3) is 0 Å². The Bertz CT molecular complexity index is 567. The Kier molecular flexibility index (Phi) is 6.36. The number of sulfonamides is 1. The Labute approximate surface area is 125 Å². The van der Waals surface area contributed by atoms with Gasteiger partial charge in [-0.25, -0.2) is 16.8 Å². The second-order valence-electron chi connectivity index (χ2n) is 4.78. The van der Waals surface area contributed by atoms with Crippen LogP contribution in [0.3, 0.4) is 0 Å². The molecule has 0 atom stereocenters. The molecule has 0 aromatic carbocycles. The van der Waals surface area contributed by atoms with Gasteiger partial charge in [-0.05, 0) is 19.8 Å². The molecule has 1 aliphatic heterocycles. The lowest BCUT2D eigenvalue weighted by Crippen LogP contribution is -2.45. The van der Waals surface area contributed by atoms with Gasteiger partial charge in [0.25, 0.3) is 0 Å². The molecule has 0 radical (unpaired) electrons. The summed E-state index contributed by atoms with van der Waals surface area (Å²) in [5.74, 6) is -0.914. The number of ether oxygens (including phenoxy) is 1. The molecular weight excluding hydrogens is 318 g/mol. The summed E-state index contributed by atoms with van der Waals surface area (Å²) < 4.78 is 53.5. The van der Waals surface area contributed by atoms with Crippen LogP contribution in [0, 0.1) is 0 Å². The third-order valence-electron chi connectivity index (χ3n) is 3.23. The Balaban J connectivity index is 2.85. The quantitative estimate of drug-likeness (QED) is 0.476. The fraction of sp³-hybridized carbons (Fsp3) is 0.750. The number of hydrogen-bond donors (Lipinski definition) is 0. The number of sulfone groups is 1. The monoisotopic (exact) mass is 339 g/mol. The molecule has 1 fully saturated rings. The molecule has 0 amide bonds. The van der Waals surface area contributed by atoms with Crippen molar-refractivity contribution in [2.45, 2.75) is 25.0 Å². The average Bonchev–Trinajstić information content (AvgIpc) is 2.38. The first-order valence-corrected chi connectivity index (χ1v) is 10.0. The number of esters is 1. The Hall–Kier alpha value is -0.930. The summed E-state index contributed by atoms with van der Waals surface area (Å²) in [6.07, 6.45) is 1.50. The molecule has 122 valence electrons. The normalized spacial score (nSPS) is 19.3. The van der Waals surface area contributed by atoms with Gasteiger partial charge < -0.3 is 4.74 Å². The standard InChI is InChI=1S/C12H21NO6S2/c1-3-7-13(10-12(14)19-4-2)21(17,18)11-5-8-20(15,16)9-6-11/h3,11H,1,4-10H2,2H3. The van der Waals surface area contributed by atoms with Crippen LogP contribution in [0.1, 0.15) is 19.8 Å². The van der Waals surface area contributed by atoms with E-state index in [9.17, 15) is 21.6 Å². The third kappa shape index (κ3) is 5.08. The second kappa shape index (κ2) is 7.37. The van der Waals surface area contributed by atoms with Crippen molar-refractivity contribution in [2.75, 3.05) is 31.2 Å². The van der Waals surface area contributed by atoms with Crippen molar-refractivity contribution in [3.63, 3.8) is 0 Å². The van der Waals surface area contributed by atoms with E-state index in [4.69, 9.17) is 4.74 Å². The van der Waals surface area contributed by atoms with E-state index in [0.717, 1.165) is 4.31 Å². The summed E-state index contributed by atoms with van der Waals surface area (Å²) in [5.41, 5.74) is 0. The van der Waals surface area contributed by atoms with E-state index in [1.165, 1.54) is 6.08 Å². The minimum atomic E-state index is -3.75. The van der Waals surface area contributed by atoms with E-state index in [1.807, 2.05) is 0 Å². The van der Waals surface area contributed by atoms with E-state index in [2.05, 4.69) is 6.58 Å². The molecule has 0 aromatic heterocycles. The van der Waals surface area contributed by atoms with Crippen LogP contribution in [0.2, 0.25) is 0 Å². The Morgan fingerprint density at radius 2 is 1.95 bits per heavy atom. The van der Waals surface area contributed by atoms with Gasteiger partial charge in [0.2, 0.25) is 10.0 Å². The van der Waals surface area contributed by atoms with Gasteiger partial charge in [0.05, 0.1) is 23.4 Å². The molecule has 9 heteroatoms. The zero-order valence-corrected chi connectivity index (χ0v) is 13.7. The third-order valence-corrected chi connectivity index (χ3v) is 7.25. The van der Waals surface area contributed by atoms with Gasteiger partial charge in [-0.2, -0.15) is 4.31 Å². The topological polar surface area (TPSA) is 97.8 Å². The Morgan fingerprint density at radius 3 is 2.43 bits per heavy atom. The van der Waals surface area contributed by atoms with E-state index >= 15 is 0 Å². The van der Waals surface area contributed by atoms with Crippen LogP contribution in [0.15, 0.2) is 12.7 Å². The highest BCUT2D eigenvalue weighted by Crippen LogP contribution is 2.22. The van der Waals surface area contributed by atoms with Crippen molar-refractivity contribution < 1.29 is 26.4 Å². The van der Waals surface area contributed by atoms with Gasteiger partial charge in [0, 0.05) is 6.54 Å². The van der Waals surface area contributed by atoms with Crippen LogP contribution in [-0.2, 0) is 29.4 Å². The largest absolute Gasteiger partial charge is 0.465 e. The number of nitrogens with zero attached hydrogens (tertiary/aromatic N) is 1. The van der Waals surface area contributed by atoms with Gasteiger partial charge in [0.1, 0.15) is 16.4 Å². The number of rotatable bonds is 7. The minimum Gasteiger partial charge on any atom is -0.465 e. The van der Waals surface area contributed by atoms with Crippen LogP contribution in [-0.4, -0.2) is 63.6 Å². The van der Waals surface area contributed by atoms with Crippen molar-refractivity contribution in [1.82, 2.24) is 4.31 Å².